The number of fused-ring (bicyclic) bond motifs is 1. The summed E-state index contributed by atoms with van der Waals surface area (Å²) in [4.78, 5) is 17.0. The van der Waals surface area contributed by atoms with Crippen LogP contribution in [0.1, 0.15) is 29.8 Å². The van der Waals surface area contributed by atoms with E-state index in [1.807, 2.05) is 18.2 Å². The van der Waals surface area contributed by atoms with Gasteiger partial charge in [0.2, 0.25) is 5.82 Å². The number of methoxy groups -OCH3 is 1. The van der Waals surface area contributed by atoms with Crippen molar-refractivity contribution in [2.75, 3.05) is 26.9 Å². The van der Waals surface area contributed by atoms with Gasteiger partial charge in [0.1, 0.15) is 25.7 Å². The van der Waals surface area contributed by atoms with Crippen LogP contribution in [0.25, 0.3) is 10.9 Å². The summed E-state index contributed by atoms with van der Waals surface area (Å²) in [5.41, 5.74) is 2.74. The van der Waals surface area contributed by atoms with Crippen LogP contribution in [0.4, 0.5) is 0 Å². The third-order valence-electron chi connectivity index (χ3n) is 5.58. The maximum absolute atomic E-state index is 12.7. The van der Waals surface area contributed by atoms with E-state index < -0.39 is 0 Å². The summed E-state index contributed by atoms with van der Waals surface area (Å²) in [7, 11) is 1.66. The van der Waals surface area contributed by atoms with Crippen molar-refractivity contribution >= 4 is 10.9 Å². The highest BCUT2D eigenvalue weighted by Crippen LogP contribution is 2.13. The molecule has 2 atom stereocenters. The molecule has 0 spiro atoms. The lowest BCUT2D eigenvalue weighted by atomic mass is 10.1. The summed E-state index contributed by atoms with van der Waals surface area (Å²) in [5.74, 6) is 0.785. The number of aromatic amines is 1. The molecule has 9 nitrogen and oxygen atoms in total. The highest BCUT2D eigenvalue weighted by atomic mass is 16.5. The van der Waals surface area contributed by atoms with Gasteiger partial charge in [0.05, 0.1) is 18.7 Å². The van der Waals surface area contributed by atoms with E-state index in [9.17, 15) is 4.79 Å². The van der Waals surface area contributed by atoms with Gasteiger partial charge in [-0.05, 0) is 53.8 Å². The molecule has 9 heteroatoms. The molecule has 0 aliphatic carbocycles. The molecular weight excluding hydrogens is 384 g/mol. The van der Waals surface area contributed by atoms with Crippen LogP contribution in [0.3, 0.4) is 0 Å². The summed E-state index contributed by atoms with van der Waals surface area (Å²) in [5, 5.41) is 13.2. The average Bonchev–Trinajstić information content (AvgIpc) is 3.39. The van der Waals surface area contributed by atoms with Gasteiger partial charge in [-0.1, -0.05) is 11.6 Å². The second-order valence-corrected chi connectivity index (χ2v) is 7.97. The van der Waals surface area contributed by atoms with E-state index in [2.05, 4.69) is 33.5 Å². The van der Waals surface area contributed by atoms with E-state index in [0.29, 0.717) is 26.2 Å². The van der Waals surface area contributed by atoms with E-state index in [-0.39, 0.29) is 11.7 Å². The largest absolute Gasteiger partial charge is 0.383 e. The molecule has 30 heavy (non-hydrogen) atoms. The lowest BCUT2D eigenvalue weighted by Gasteiger charge is -2.22. The van der Waals surface area contributed by atoms with Gasteiger partial charge in [-0.15, -0.1) is 5.10 Å². The minimum absolute atomic E-state index is 0.0461. The van der Waals surface area contributed by atoms with Crippen LogP contribution < -0.4 is 10.5 Å². The maximum atomic E-state index is 12.7. The first-order valence-electron chi connectivity index (χ1n) is 10.4. The molecule has 0 bridgehead atoms. The van der Waals surface area contributed by atoms with Crippen molar-refractivity contribution in [3.8, 4) is 0 Å². The second kappa shape index (κ2) is 9.46. The quantitative estimate of drug-likeness (QED) is 0.521. The van der Waals surface area contributed by atoms with Gasteiger partial charge >= 0.3 is 0 Å². The first kappa shape index (κ1) is 20.6. The molecule has 2 aromatic heterocycles. The Labute approximate surface area is 175 Å². The van der Waals surface area contributed by atoms with E-state index in [1.54, 1.807) is 11.8 Å². The Bertz CT molecular complexity index is 1040. The summed E-state index contributed by atoms with van der Waals surface area (Å²) >= 11 is 0. The molecular formula is C21H29N6O3+. The summed E-state index contributed by atoms with van der Waals surface area (Å²) in [6.45, 7) is 6.00. The Hall–Kier alpha value is -2.62. The number of hydrogen-bond acceptors (Lipinski definition) is 6. The molecule has 0 amide bonds. The standard InChI is InChI=1S/C21H28N6O3/c1-15-5-6-19-16(10-15)11-17(21(28)22-19)12-26(13-18-4-3-8-30-18)14-20-23-24-25-27(20)7-9-29-2/h5-6,10-11,18H,3-4,7-9,12-14H2,1-2H3,(H,22,28)/p+1/t18-/m1/s1. The number of ether oxygens (including phenoxy) is 2. The molecule has 160 valence electrons. The van der Waals surface area contributed by atoms with Crippen molar-refractivity contribution in [3.63, 3.8) is 0 Å². The molecule has 1 unspecified atom stereocenters. The minimum atomic E-state index is -0.0461. The number of aryl methyl sites for hydroxylation is 1. The number of benzene rings is 1. The first-order valence-corrected chi connectivity index (χ1v) is 10.4. The smallest absolute Gasteiger partial charge is 0.257 e. The van der Waals surface area contributed by atoms with Gasteiger partial charge in [0.15, 0.2) is 0 Å². The van der Waals surface area contributed by atoms with Gasteiger partial charge in [0, 0.05) is 19.2 Å². The Morgan fingerprint density at radius 3 is 3.03 bits per heavy atom. The molecule has 0 saturated carbocycles. The molecule has 1 aromatic carbocycles. The van der Waals surface area contributed by atoms with Gasteiger partial charge in [-0.2, -0.15) is 0 Å². The fraction of sp³-hybridized carbons (Fsp3) is 0.524. The Kier molecular flexibility index (Phi) is 6.51. The summed E-state index contributed by atoms with van der Waals surface area (Å²) in [6, 6.07) is 8.06. The first-order chi connectivity index (χ1) is 14.6. The normalized spacial score (nSPS) is 17.6. The maximum Gasteiger partial charge on any atom is 0.257 e. The highest BCUT2D eigenvalue weighted by molar-refractivity contribution is 5.79. The van der Waals surface area contributed by atoms with Crippen molar-refractivity contribution < 1.29 is 14.4 Å². The van der Waals surface area contributed by atoms with E-state index in [1.165, 1.54) is 10.5 Å². The molecule has 3 heterocycles. The van der Waals surface area contributed by atoms with Crippen LogP contribution in [0.15, 0.2) is 29.1 Å². The zero-order valence-electron chi connectivity index (χ0n) is 17.6. The predicted molar refractivity (Wildman–Crippen MR) is 111 cm³/mol. The molecule has 2 N–H and O–H groups in total. The second-order valence-electron chi connectivity index (χ2n) is 7.97. The minimum Gasteiger partial charge on any atom is -0.383 e. The van der Waals surface area contributed by atoms with E-state index in [0.717, 1.165) is 48.3 Å². The molecule has 4 rings (SSSR count). The number of tetrazole rings is 1. The zero-order chi connectivity index (χ0) is 20.9. The van der Waals surface area contributed by atoms with Crippen molar-refractivity contribution in [2.45, 2.75) is 45.5 Å². The van der Waals surface area contributed by atoms with E-state index >= 15 is 0 Å². The molecule has 1 fully saturated rings. The number of H-pyrrole nitrogens is 1. The highest BCUT2D eigenvalue weighted by Gasteiger charge is 2.25. The number of pyridine rings is 1. The van der Waals surface area contributed by atoms with Crippen molar-refractivity contribution in [3.05, 3.63) is 51.6 Å². The monoisotopic (exact) mass is 413 g/mol. The number of hydrogen-bond donors (Lipinski definition) is 2. The number of rotatable bonds is 9. The number of quaternary nitrogens is 1. The Balaban J connectivity index is 1.58. The lowest BCUT2D eigenvalue weighted by molar-refractivity contribution is -0.931. The van der Waals surface area contributed by atoms with Gasteiger partial charge in [0.25, 0.3) is 5.56 Å². The number of nitrogens with one attached hydrogen (secondary N) is 2. The van der Waals surface area contributed by atoms with Crippen LogP contribution in [0.2, 0.25) is 0 Å². The molecule has 1 aliphatic rings. The SMILES string of the molecule is COCCn1nnnc1C[NH+](Cc1cc2cc(C)ccc2[nH]c1=O)C[C@H]1CCCO1. The van der Waals surface area contributed by atoms with Crippen molar-refractivity contribution in [1.82, 2.24) is 25.2 Å². The molecule has 1 saturated heterocycles. The van der Waals surface area contributed by atoms with E-state index in [4.69, 9.17) is 9.47 Å². The molecule has 1 aliphatic heterocycles. The van der Waals surface area contributed by atoms with Crippen LogP contribution in [-0.2, 0) is 29.1 Å². The molecule has 0 radical (unpaired) electrons. The average molecular weight is 414 g/mol. The fourth-order valence-corrected chi connectivity index (χ4v) is 4.03. The summed E-state index contributed by atoms with van der Waals surface area (Å²) in [6.07, 6.45) is 2.33. The van der Waals surface area contributed by atoms with Crippen molar-refractivity contribution in [2.24, 2.45) is 0 Å². The topological polar surface area (TPSA) is 99.4 Å². The third kappa shape index (κ3) is 4.92. The lowest BCUT2D eigenvalue weighted by Crippen LogP contribution is -3.10. The Morgan fingerprint density at radius 2 is 2.23 bits per heavy atom. The van der Waals surface area contributed by atoms with Gasteiger partial charge < -0.3 is 19.4 Å². The Morgan fingerprint density at radius 1 is 1.33 bits per heavy atom. The summed E-state index contributed by atoms with van der Waals surface area (Å²) < 4.78 is 12.8. The van der Waals surface area contributed by atoms with Crippen LogP contribution >= 0.6 is 0 Å². The fourth-order valence-electron chi connectivity index (χ4n) is 4.03. The van der Waals surface area contributed by atoms with Crippen LogP contribution in [0.5, 0.6) is 0 Å². The van der Waals surface area contributed by atoms with Crippen molar-refractivity contribution in [1.29, 1.82) is 0 Å². The zero-order valence-corrected chi connectivity index (χ0v) is 17.6. The number of nitrogens with zero attached hydrogens (tertiary/aromatic N) is 4. The van der Waals surface area contributed by atoms with Gasteiger partial charge in [-0.3, -0.25) is 4.79 Å². The van der Waals surface area contributed by atoms with Gasteiger partial charge in [-0.25, -0.2) is 4.68 Å². The molecule has 3 aromatic rings. The third-order valence-corrected chi connectivity index (χ3v) is 5.58. The predicted octanol–water partition coefficient (Wildman–Crippen LogP) is 0.234. The van der Waals surface area contributed by atoms with Crippen LogP contribution in [-0.4, -0.2) is 58.2 Å². The van der Waals surface area contributed by atoms with Crippen LogP contribution in [0, 0.1) is 6.92 Å². The number of aromatic nitrogens is 5.